The zero-order valence-corrected chi connectivity index (χ0v) is 14.6. The molecular formula is C17H19F3N2O2S. The average molecular weight is 372 g/mol. The van der Waals surface area contributed by atoms with Gasteiger partial charge in [-0.25, -0.2) is 13.6 Å². The summed E-state index contributed by atoms with van der Waals surface area (Å²) < 4.78 is 62.5. The second kappa shape index (κ2) is 6.68. The molecule has 0 amide bonds. The minimum atomic E-state index is -4.71. The largest absolute Gasteiger partial charge is 0.418 e. The van der Waals surface area contributed by atoms with Gasteiger partial charge in [-0.1, -0.05) is 44.2 Å². The highest BCUT2D eigenvalue weighted by Gasteiger charge is 2.35. The molecule has 0 atom stereocenters. The zero-order valence-electron chi connectivity index (χ0n) is 13.8. The van der Waals surface area contributed by atoms with Crippen LogP contribution in [0.15, 0.2) is 53.4 Å². The lowest BCUT2D eigenvalue weighted by molar-refractivity contribution is -0.137. The molecule has 25 heavy (non-hydrogen) atoms. The van der Waals surface area contributed by atoms with Crippen molar-refractivity contribution in [3.05, 3.63) is 59.7 Å². The molecule has 0 spiro atoms. The third-order valence-corrected chi connectivity index (χ3v) is 4.81. The number of primary sulfonamides is 1. The predicted octanol–water partition coefficient (Wildman–Crippen LogP) is 3.74. The maximum absolute atomic E-state index is 13.3. The van der Waals surface area contributed by atoms with Crippen LogP contribution in [0.3, 0.4) is 0 Å². The summed E-state index contributed by atoms with van der Waals surface area (Å²) in [5, 5.41) is 7.70. The van der Waals surface area contributed by atoms with Crippen LogP contribution in [0.2, 0.25) is 0 Å². The van der Waals surface area contributed by atoms with E-state index in [1.54, 1.807) is 0 Å². The normalized spacial score (nSPS) is 12.9. The van der Waals surface area contributed by atoms with Crippen LogP contribution in [0.5, 0.6) is 0 Å². The summed E-state index contributed by atoms with van der Waals surface area (Å²) in [6.45, 7) is 4.04. The fourth-order valence-corrected chi connectivity index (χ4v) is 2.94. The Morgan fingerprint density at radius 2 is 1.64 bits per heavy atom. The number of anilines is 1. The van der Waals surface area contributed by atoms with Crippen LogP contribution in [0, 0.1) is 0 Å². The number of nitrogens with two attached hydrogens (primary N) is 1. The van der Waals surface area contributed by atoms with E-state index in [-0.39, 0.29) is 12.2 Å². The van der Waals surface area contributed by atoms with Crippen LogP contribution in [-0.2, 0) is 21.6 Å². The first-order valence-electron chi connectivity index (χ1n) is 7.45. The van der Waals surface area contributed by atoms with E-state index >= 15 is 0 Å². The summed E-state index contributed by atoms with van der Waals surface area (Å²) in [4.78, 5) is -0.576. The van der Waals surface area contributed by atoms with Gasteiger partial charge in [-0.05, 0) is 23.8 Å². The molecule has 136 valence electrons. The fraction of sp³-hybridized carbons (Fsp3) is 0.294. The van der Waals surface area contributed by atoms with E-state index in [9.17, 15) is 21.6 Å². The number of sulfonamides is 1. The number of alkyl halides is 3. The summed E-state index contributed by atoms with van der Waals surface area (Å²) >= 11 is 0. The lowest BCUT2D eigenvalue weighted by Gasteiger charge is -2.27. The van der Waals surface area contributed by atoms with Crippen molar-refractivity contribution in [2.75, 3.05) is 11.9 Å². The van der Waals surface area contributed by atoms with E-state index in [0.717, 1.165) is 17.7 Å². The quantitative estimate of drug-likeness (QED) is 0.840. The Hall–Kier alpha value is -2.06. The lowest BCUT2D eigenvalue weighted by Crippen LogP contribution is -2.28. The van der Waals surface area contributed by atoms with Gasteiger partial charge in [-0.15, -0.1) is 0 Å². The van der Waals surface area contributed by atoms with Crippen molar-refractivity contribution in [2.24, 2.45) is 5.14 Å². The maximum Gasteiger partial charge on any atom is 0.418 e. The highest BCUT2D eigenvalue weighted by Crippen LogP contribution is 2.37. The molecule has 2 aromatic carbocycles. The minimum absolute atomic E-state index is 0.191. The van der Waals surface area contributed by atoms with E-state index in [4.69, 9.17) is 5.14 Å². The molecule has 8 heteroatoms. The number of benzene rings is 2. The molecule has 2 aromatic rings. The van der Waals surface area contributed by atoms with Crippen LogP contribution in [0.4, 0.5) is 18.9 Å². The van der Waals surface area contributed by atoms with E-state index in [2.05, 4.69) is 5.32 Å². The molecule has 4 nitrogen and oxygen atoms in total. The van der Waals surface area contributed by atoms with Crippen LogP contribution < -0.4 is 10.5 Å². The van der Waals surface area contributed by atoms with Crippen LogP contribution in [0.25, 0.3) is 0 Å². The Balaban J connectivity index is 2.33. The first-order valence-corrected chi connectivity index (χ1v) is 8.99. The smallest absolute Gasteiger partial charge is 0.384 e. The Bertz CT molecular complexity index is 848. The van der Waals surface area contributed by atoms with Crippen molar-refractivity contribution in [1.29, 1.82) is 0 Å². The van der Waals surface area contributed by atoms with Gasteiger partial charge in [0.25, 0.3) is 0 Å². The molecule has 0 aromatic heterocycles. The molecular weight excluding hydrogens is 353 g/mol. The molecule has 0 unspecified atom stereocenters. The maximum atomic E-state index is 13.3. The third kappa shape index (κ3) is 4.73. The van der Waals surface area contributed by atoms with E-state index in [1.165, 1.54) is 0 Å². The highest BCUT2D eigenvalue weighted by molar-refractivity contribution is 7.89. The van der Waals surface area contributed by atoms with Crippen LogP contribution in [0.1, 0.15) is 25.0 Å². The van der Waals surface area contributed by atoms with Crippen LogP contribution in [-0.4, -0.2) is 15.0 Å². The molecule has 0 saturated carbocycles. The number of hydrogen-bond acceptors (Lipinski definition) is 3. The van der Waals surface area contributed by atoms with E-state index in [0.29, 0.717) is 6.07 Å². The first-order chi connectivity index (χ1) is 11.4. The molecule has 0 fully saturated rings. The van der Waals surface area contributed by atoms with E-state index < -0.39 is 32.1 Å². The van der Waals surface area contributed by atoms with Crippen molar-refractivity contribution >= 4 is 15.7 Å². The Morgan fingerprint density at radius 1 is 1.04 bits per heavy atom. The molecule has 0 heterocycles. The molecule has 0 aliphatic heterocycles. The van der Waals surface area contributed by atoms with Crippen molar-refractivity contribution in [3.63, 3.8) is 0 Å². The third-order valence-electron chi connectivity index (χ3n) is 3.90. The Kier molecular flexibility index (Phi) is 5.15. The summed E-state index contributed by atoms with van der Waals surface area (Å²) in [5.41, 5.74) is -0.716. The molecule has 0 bridgehead atoms. The van der Waals surface area contributed by atoms with Gasteiger partial charge in [0.2, 0.25) is 10.0 Å². The zero-order chi connectivity index (χ0) is 18.9. The summed E-state index contributed by atoms with van der Waals surface area (Å²) in [7, 11) is -4.22. The van der Waals surface area contributed by atoms with Crippen molar-refractivity contribution < 1.29 is 21.6 Å². The lowest BCUT2D eigenvalue weighted by atomic mass is 9.84. The van der Waals surface area contributed by atoms with Gasteiger partial charge >= 0.3 is 6.18 Å². The second-order valence-electron chi connectivity index (χ2n) is 6.35. The van der Waals surface area contributed by atoms with Gasteiger partial charge in [-0.2, -0.15) is 13.2 Å². The molecule has 0 aliphatic rings. The van der Waals surface area contributed by atoms with Gasteiger partial charge in [0, 0.05) is 17.6 Å². The van der Waals surface area contributed by atoms with Gasteiger partial charge in [0.15, 0.2) is 0 Å². The van der Waals surface area contributed by atoms with Crippen molar-refractivity contribution in [2.45, 2.75) is 30.3 Å². The molecule has 0 radical (unpaired) electrons. The van der Waals surface area contributed by atoms with Gasteiger partial charge in [-0.3, -0.25) is 0 Å². The molecule has 3 N–H and O–H groups in total. The summed E-state index contributed by atoms with van der Waals surface area (Å²) in [5.74, 6) is 0. The monoisotopic (exact) mass is 372 g/mol. The van der Waals surface area contributed by atoms with Crippen molar-refractivity contribution in [1.82, 2.24) is 0 Å². The van der Waals surface area contributed by atoms with Crippen LogP contribution >= 0.6 is 0 Å². The van der Waals surface area contributed by atoms with Gasteiger partial charge in [0.1, 0.15) is 0 Å². The Morgan fingerprint density at radius 3 is 2.16 bits per heavy atom. The van der Waals surface area contributed by atoms with Gasteiger partial charge in [0.05, 0.1) is 10.5 Å². The number of nitrogens with one attached hydrogen (secondary N) is 1. The first kappa shape index (κ1) is 19.3. The van der Waals surface area contributed by atoms with Crippen molar-refractivity contribution in [3.8, 4) is 0 Å². The minimum Gasteiger partial charge on any atom is -0.384 e. The number of rotatable bonds is 5. The average Bonchev–Trinajstić information content (AvgIpc) is 2.52. The predicted molar refractivity (Wildman–Crippen MR) is 90.8 cm³/mol. The molecule has 0 saturated heterocycles. The summed E-state index contributed by atoms with van der Waals surface area (Å²) in [6, 6.07) is 12.1. The highest BCUT2D eigenvalue weighted by atomic mass is 32.2. The SMILES string of the molecule is CC(C)(CNc1ccc(S(N)(=O)=O)cc1C(F)(F)F)c1ccccc1. The fourth-order valence-electron chi connectivity index (χ4n) is 2.40. The van der Waals surface area contributed by atoms with E-state index in [1.807, 2.05) is 44.2 Å². The number of halogens is 3. The molecule has 0 aliphatic carbocycles. The topological polar surface area (TPSA) is 72.2 Å². The standard InChI is InChI=1S/C17H19F3N2O2S/c1-16(2,12-6-4-3-5-7-12)11-22-15-9-8-13(25(21,23)24)10-14(15)17(18,19)20/h3-10,22H,11H2,1-2H3,(H2,21,23,24). The number of hydrogen-bond donors (Lipinski definition) is 2. The second-order valence-corrected chi connectivity index (χ2v) is 7.92. The molecule has 2 rings (SSSR count). The Labute approximate surface area is 144 Å². The van der Waals surface area contributed by atoms with Gasteiger partial charge < -0.3 is 5.32 Å². The summed E-state index contributed by atoms with van der Waals surface area (Å²) in [6.07, 6.45) is -4.71.